The first-order chi connectivity index (χ1) is 10.4. The number of fused-ring (bicyclic) bond motifs is 1. The second-order valence-electron chi connectivity index (χ2n) is 4.67. The summed E-state index contributed by atoms with van der Waals surface area (Å²) in [6, 6.07) is 4.04. The maximum Gasteiger partial charge on any atom is 0.416 e. The van der Waals surface area contributed by atoms with E-state index in [2.05, 4.69) is 5.32 Å². The van der Waals surface area contributed by atoms with Crippen molar-refractivity contribution >= 4 is 34.7 Å². The van der Waals surface area contributed by atoms with Crippen LogP contribution in [-0.2, 0) is 11.0 Å². The van der Waals surface area contributed by atoms with Crippen molar-refractivity contribution < 1.29 is 22.4 Å². The van der Waals surface area contributed by atoms with E-state index in [1.54, 1.807) is 11.4 Å². The molecule has 0 fully saturated rings. The number of carbonyl (C=O) groups is 1. The average Bonchev–Trinajstić information content (AvgIpc) is 2.81. The predicted octanol–water partition coefficient (Wildman–Crippen LogP) is 4.68. The zero-order valence-corrected chi connectivity index (χ0v) is 12.5. The minimum Gasteiger partial charge on any atom is -0.324 e. The highest BCUT2D eigenvalue weighted by Gasteiger charge is 2.34. The van der Waals surface area contributed by atoms with Gasteiger partial charge in [0.25, 0.3) is 0 Å². The molecule has 0 radical (unpaired) electrons. The van der Waals surface area contributed by atoms with Crippen LogP contribution in [0.2, 0.25) is 0 Å². The van der Waals surface area contributed by atoms with Crippen LogP contribution in [0.3, 0.4) is 0 Å². The minimum absolute atomic E-state index is 0.0555. The first kappa shape index (κ1) is 15.4. The molecule has 1 aromatic carbocycles. The molecule has 0 bridgehead atoms. The third-order valence-electron chi connectivity index (χ3n) is 3.19. The lowest BCUT2D eigenvalue weighted by molar-refractivity contribution is -0.137. The van der Waals surface area contributed by atoms with Gasteiger partial charge in [0, 0.05) is 10.4 Å². The number of thioether (sulfide) groups is 1. The summed E-state index contributed by atoms with van der Waals surface area (Å²) in [4.78, 5) is 12.3. The monoisotopic (exact) mass is 347 g/mol. The van der Waals surface area contributed by atoms with Crippen molar-refractivity contribution in [3.8, 4) is 0 Å². The van der Waals surface area contributed by atoms with Crippen LogP contribution >= 0.6 is 23.1 Å². The molecule has 1 amide bonds. The Morgan fingerprint density at radius 1 is 1.23 bits per heavy atom. The summed E-state index contributed by atoms with van der Waals surface area (Å²) in [5, 5.41) is 3.75. The van der Waals surface area contributed by atoms with Crippen molar-refractivity contribution in [3.63, 3.8) is 0 Å². The van der Waals surface area contributed by atoms with Gasteiger partial charge in [0.2, 0.25) is 5.91 Å². The molecule has 8 heteroatoms. The molecule has 2 nitrogen and oxygen atoms in total. The van der Waals surface area contributed by atoms with Gasteiger partial charge in [-0.15, -0.1) is 23.1 Å². The molecule has 1 aliphatic heterocycles. The molecular formula is C14H9F4NOS2. The Morgan fingerprint density at radius 2 is 2.00 bits per heavy atom. The van der Waals surface area contributed by atoms with Crippen molar-refractivity contribution in [1.82, 2.24) is 0 Å². The van der Waals surface area contributed by atoms with Gasteiger partial charge in [0.1, 0.15) is 5.82 Å². The summed E-state index contributed by atoms with van der Waals surface area (Å²) < 4.78 is 52.6. The van der Waals surface area contributed by atoms with Crippen molar-refractivity contribution in [3.05, 3.63) is 51.5 Å². The Bertz CT molecular complexity index is 726. The Labute approximate surface area is 131 Å². The summed E-state index contributed by atoms with van der Waals surface area (Å²) in [6.07, 6.45) is -4.54. The van der Waals surface area contributed by atoms with E-state index < -0.39 is 22.8 Å². The molecule has 22 heavy (non-hydrogen) atoms. The van der Waals surface area contributed by atoms with Gasteiger partial charge in [-0.1, -0.05) is 0 Å². The predicted molar refractivity (Wildman–Crippen MR) is 78.7 cm³/mol. The van der Waals surface area contributed by atoms with E-state index in [0.29, 0.717) is 10.6 Å². The molecule has 1 aliphatic rings. The van der Waals surface area contributed by atoms with Gasteiger partial charge in [0.15, 0.2) is 0 Å². The molecule has 1 N–H and O–H groups in total. The molecule has 0 unspecified atom stereocenters. The van der Waals surface area contributed by atoms with E-state index in [9.17, 15) is 22.4 Å². The molecule has 0 saturated carbocycles. The van der Waals surface area contributed by atoms with Gasteiger partial charge in [-0.2, -0.15) is 13.2 Å². The second-order valence-corrected chi connectivity index (χ2v) is 6.71. The summed E-state index contributed by atoms with van der Waals surface area (Å²) >= 11 is 2.40. The number of rotatable bonds is 1. The van der Waals surface area contributed by atoms with Gasteiger partial charge in [-0.3, -0.25) is 4.79 Å². The number of amides is 1. The van der Waals surface area contributed by atoms with Gasteiger partial charge < -0.3 is 5.32 Å². The van der Waals surface area contributed by atoms with Crippen molar-refractivity contribution in [1.29, 1.82) is 0 Å². The van der Waals surface area contributed by atoms with E-state index in [1.165, 1.54) is 11.3 Å². The molecule has 2 heterocycles. The van der Waals surface area contributed by atoms with E-state index >= 15 is 0 Å². The van der Waals surface area contributed by atoms with Crippen LogP contribution in [0.15, 0.2) is 29.6 Å². The molecule has 116 valence electrons. The van der Waals surface area contributed by atoms with Crippen LogP contribution in [0.4, 0.5) is 23.2 Å². The molecule has 0 saturated heterocycles. The first-order valence-electron chi connectivity index (χ1n) is 6.22. The number of carbonyl (C=O) groups excluding carboxylic acids is 1. The first-order valence-corrected chi connectivity index (χ1v) is 8.14. The van der Waals surface area contributed by atoms with Crippen LogP contribution in [0.5, 0.6) is 0 Å². The fourth-order valence-corrected chi connectivity index (χ4v) is 4.45. The lowest BCUT2D eigenvalue weighted by atomic mass is 10.1. The molecule has 0 aliphatic carbocycles. The highest BCUT2D eigenvalue weighted by molar-refractivity contribution is 8.00. The lowest BCUT2D eigenvalue weighted by Gasteiger charge is -2.17. The highest BCUT2D eigenvalue weighted by Crippen LogP contribution is 2.46. The largest absolute Gasteiger partial charge is 0.416 e. The Hall–Kier alpha value is -1.54. The van der Waals surface area contributed by atoms with Crippen LogP contribution < -0.4 is 5.32 Å². The molecule has 1 atom stereocenters. The van der Waals surface area contributed by atoms with Gasteiger partial charge in [-0.25, -0.2) is 4.39 Å². The standard InChI is InChI=1S/C14H9F4NOS2/c15-9-2-1-7(14(16,17)18)5-8(9)12-13-10(3-4-21-13)19-11(20)6-22-12/h1-5,12H,6H2,(H,19,20)/t12-/m1/s1. The number of benzene rings is 1. The quantitative estimate of drug-likeness (QED) is 0.759. The Kier molecular flexibility index (Phi) is 3.90. The topological polar surface area (TPSA) is 29.1 Å². The number of halogens is 4. The highest BCUT2D eigenvalue weighted by atomic mass is 32.2. The van der Waals surface area contributed by atoms with Crippen LogP contribution in [0.1, 0.15) is 21.3 Å². The molecule has 0 spiro atoms. The molecule has 3 rings (SSSR count). The zero-order chi connectivity index (χ0) is 15.9. The second kappa shape index (κ2) is 5.58. The minimum atomic E-state index is -4.54. The number of alkyl halides is 3. The Balaban J connectivity index is 2.10. The summed E-state index contributed by atoms with van der Waals surface area (Å²) in [5.41, 5.74) is -0.423. The van der Waals surface area contributed by atoms with Crippen molar-refractivity contribution in [2.24, 2.45) is 0 Å². The number of thiophene rings is 1. The van der Waals surface area contributed by atoms with Crippen molar-refractivity contribution in [2.45, 2.75) is 11.4 Å². The number of hydrogen-bond acceptors (Lipinski definition) is 3. The fraction of sp³-hybridized carbons (Fsp3) is 0.214. The van der Waals surface area contributed by atoms with Gasteiger partial charge in [-0.05, 0) is 29.6 Å². The van der Waals surface area contributed by atoms with Crippen molar-refractivity contribution in [2.75, 3.05) is 11.1 Å². The van der Waals surface area contributed by atoms with E-state index in [0.717, 1.165) is 30.0 Å². The lowest BCUT2D eigenvalue weighted by Crippen LogP contribution is -2.11. The molecule has 1 aromatic heterocycles. The summed E-state index contributed by atoms with van der Waals surface area (Å²) in [7, 11) is 0. The number of nitrogens with one attached hydrogen (secondary N) is 1. The SMILES string of the molecule is O=C1CS[C@H](c2cc(C(F)(F)F)ccc2F)c2sccc2N1. The maximum absolute atomic E-state index is 14.1. The van der Waals surface area contributed by atoms with Crippen LogP contribution in [0, 0.1) is 5.82 Å². The molecular weight excluding hydrogens is 338 g/mol. The third kappa shape index (κ3) is 2.85. The average molecular weight is 347 g/mol. The van der Waals surface area contributed by atoms with Crippen LogP contribution in [0.25, 0.3) is 0 Å². The van der Waals surface area contributed by atoms with Gasteiger partial charge >= 0.3 is 6.18 Å². The fourth-order valence-electron chi connectivity index (χ4n) is 2.20. The van der Waals surface area contributed by atoms with E-state index in [1.807, 2.05) is 0 Å². The van der Waals surface area contributed by atoms with Gasteiger partial charge in [0.05, 0.1) is 22.3 Å². The normalized spacial score (nSPS) is 18.5. The molecule has 2 aromatic rings. The Morgan fingerprint density at radius 3 is 2.73 bits per heavy atom. The summed E-state index contributed by atoms with van der Waals surface area (Å²) in [6.45, 7) is 0. The zero-order valence-electron chi connectivity index (χ0n) is 10.9. The maximum atomic E-state index is 14.1. The smallest absolute Gasteiger partial charge is 0.324 e. The number of hydrogen-bond donors (Lipinski definition) is 1. The van der Waals surface area contributed by atoms with E-state index in [-0.39, 0.29) is 17.2 Å². The number of anilines is 1. The van der Waals surface area contributed by atoms with Crippen LogP contribution in [-0.4, -0.2) is 11.7 Å². The third-order valence-corrected chi connectivity index (χ3v) is 5.58. The van der Waals surface area contributed by atoms with E-state index in [4.69, 9.17) is 0 Å². The summed E-state index contributed by atoms with van der Waals surface area (Å²) in [5.74, 6) is -0.902.